The van der Waals surface area contributed by atoms with E-state index in [2.05, 4.69) is 0 Å². The van der Waals surface area contributed by atoms with Crippen molar-refractivity contribution < 1.29 is 19.1 Å². The maximum absolute atomic E-state index is 12.6. The van der Waals surface area contributed by atoms with Crippen LogP contribution in [0.5, 0.6) is 0 Å². The molecule has 0 atom stereocenters. The summed E-state index contributed by atoms with van der Waals surface area (Å²) in [6.45, 7) is 1.82. The maximum Gasteiger partial charge on any atom is 0.337 e. The summed E-state index contributed by atoms with van der Waals surface area (Å²) in [5, 5.41) is 0. The van der Waals surface area contributed by atoms with Gasteiger partial charge in [0.25, 0.3) is 0 Å². The second-order valence-corrected chi connectivity index (χ2v) is 6.80. The van der Waals surface area contributed by atoms with Crippen molar-refractivity contribution in [3.05, 3.63) is 71.3 Å². The van der Waals surface area contributed by atoms with Crippen molar-refractivity contribution in [2.75, 3.05) is 26.7 Å². The van der Waals surface area contributed by atoms with Gasteiger partial charge >= 0.3 is 5.97 Å². The van der Waals surface area contributed by atoms with Crippen molar-refractivity contribution in [2.45, 2.75) is 19.4 Å². The minimum absolute atomic E-state index is 0.0125. The molecule has 2 aromatic rings. The number of ether oxygens (including phenoxy) is 1. The number of esters is 1. The van der Waals surface area contributed by atoms with Gasteiger partial charge in [-0.2, -0.15) is 0 Å². The molecule has 1 heterocycles. The molecule has 1 aliphatic rings. The fraction of sp³-hybridized carbons (Fsp3) is 0.318. The Morgan fingerprint density at radius 3 is 2.46 bits per heavy atom. The van der Waals surface area contributed by atoms with Crippen LogP contribution in [-0.2, 0) is 27.3 Å². The third kappa shape index (κ3) is 4.97. The van der Waals surface area contributed by atoms with E-state index in [1.54, 1.807) is 28.0 Å². The summed E-state index contributed by atoms with van der Waals surface area (Å²) >= 11 is 0. The lowest BCUT2D eigenvalue weighted by molar-refractivity contribution is -0.130. The van der Waals surface area contributed by atoms with E-state index < -0.39 is 5.97 Å². The molecule has 2 aromatic carbocycles. The largest absolute Gasteiger partial charge is 0.465 e. The molecular weight excluding hydrogens is 356 g/mol. The standard InChI is InChI=1S/C22H24N2O4/c1-28-22(27)19-9-5-8-18(14-19)16-24-13-12-23(11-10-20(24)25)21(26)15-17-6-3-2-4-7-17/h2-9,14H,10-13,15-16H2,1H3. The summed E-state index contributed by atoms with van der Waals surface area (Å²) in [6.07, 6.45) is 0.646. The number of carbonyl (C=O) groups is 3. The Morgan fingerprint density at radius 1 is 0.964 bits per heavy atom. The summed E-state index contributed by atoms with van der Waals surface area (Å²) in [5.74, 6) is -0.353. The van der Waals surface area contributed by atoms with Gasteiger partial charge in [0, 0.05) is 32.6 Å². The second kappa shape index (κ2) is 9.17. The van der Waals surface area contributed by atoms with Crippen molar-refractivity contribution >= 4 is 17.8 Å². The van der Waals surface area contributed by atoms with Crippen LogP contribution in [0.2, 0.25) is 0 Å². The zero-order chi connectivity index (χ0) is 19.9. The molecule has 0 aromatic heterocycles. The van der Waals surface area contributed by atoms with E-state index in [1.165, 1.54) is 7.11 Å². The average Bonchev–Trinajstić information content (AvgIpc) is 2.90. The molecule has 0 unspecified atom stereocenters. The van der Waals surface area contributed by atoms with Gasteiger partial charge in [-0.05, 0) is 23.3 Å². The molecule has 28 heavy (non-hydrogen) atoms. The van der Waals surface area contributed by atoms with E-state index in [0.717, 1.165) is 11.1 Å². The molecule has 3 rings (SSSR count). The van der Waals surface area contributed by atoms with Crippen LogP contribution in [0.15, 0.2) is 54.6 Å². The Morgan fingerprint density at radius 2 is 1.71 bits per heavy atom. The molecule has 0 saturated carbocycles. The quantitative estimate of drug-likeness (QED) is 0.747. The lowest BCUT2D eigenvalue weighted by Crippen LogP contribution is -2.36. The van der Waals surface area contributed by atoms with Gasteiger partial charge in [0.05, 0.1) is 19.1 Å². The summed E-state index contributed by atoms with van der Waals surface area (Å²) < 4.78 is 4.75. The van der Waals surface area contributed by atoms with Gasteiger partial charge in [-0.25, -0.2) is 4.79 Å². The summed E-state index contributed by atoms with van der Waals surface area (Å²) in [5.41, 5.74) is 2.29. The predicted octanol–water partition coefficient (Wildman–Crippen LogP) is 2.28. The molecule has 0 radical (unpaired) electrons. The highest BCUT2D eigenvalue weighted by Crippen LogP contribution is 2.14. The van der Waals surface area contributed by atoms with Gasteiger partial charge in [0.2, 0.25) is 11.8 Å². The number of hydrogen-bond donors (Lipinski definition) is 0. The van der Waals surface area contributed by atoms with Crippen molar-refractivity contribution in [1.29, 1.82) is 0 Å². The highest BCUT2D eigenvalue weighted by molar-refractivity contribution is 5.89. The molecular formula is C22H24N2O4. The number of methoxy groups -OCH3 is 1. The van der Waals surface area contributed by atoms with E-state index in [1.807, 2.05) is 36.4 Å². The minimum Gasteiger partial charge on any atom is -0.465 e. The number of benzene rings is 2. The van der Waals surface area contributed by atoms with Gasteiger partial charge in [0.1, 0.15) is 0 Å². The van der Waals surface area contributed by atoms with Crippen LogP contribution < -0.4 is 0 Å². The van der Waals surface area contributed by atoms with Crippen LogP contribution in [0.25, 0.3) is 0 Å². The summed E-state index contributed by atoms with van der Waals surface area (Å²) in [7, 11) is 1.34. The Balaban J connectivity index is 1.62. The highest BCUT2D eigenvalue weighted by Gasteiger charge is 2.24. The molecule has 2 amide bonds. The van der Waals surface area contributed by atoms with Gasteiger partial charge in [-0.3, -0.25) is 9.59 Å². The number of rotatable bonds is 5. The van der Waals surface area contributed by atoms with Crippen molar-refractivity contribution in [3.63, 3.8) is 0 Å². The molecule has 146 valence electrons. The topological polar surface area (TPSA) is 66.9 Å². The normalized spacial score (nSPS) is 14.5. The van der Waals surface area contributed by atoms with E-state index in [9.17, 15) is 14.4 Å². The second-order valence-electron chi connectivity index (χ2n) is 6.80. The molecule has 6 nitrogen and oxygen atoms in total. The van der Waals surface area contributed by atoms with Crippen molar-refractivity contribution in [1.82, 2.24) is 9.80 Å². The fourth-order valence-electron chi connectivity index (χ4n) is 3.30. The third-order valence-corrected chi connectivity index (χ3v) is 4.86. The first-order chi connectivity index (χ1) is 13.6. The Labute approximate surface area is 164 Å². The smallest absolute Gasteiger partial charge is 0.337 e. The molecule has 0 spiro atoms. The number of carbonyl (C=O) groups excluding carboxylic acids is 3. The van der Waals surface area contributed by atoms with Crippen LogP contribution in [0.4, 0.5) is 0 Å². The van der Waals surface area contributed by atoms with E-state index >= 15 is 0 Å². The van der Waals surface area contributed by atoms with Gasteiger partial charge < -0.3 is 14.5 Å². The van der Waals surface area contributed by atoms with Crippen LogP contribution in [-0.4, -0.2) is 54.3 Å². The van der Waals surface area contributed by atoms with Crippen LogP contribution >= 0.6 is 0 Å². The summed E-state index contributed by atoms with van der Waals surface area (Å²) in [6, 6.07) is 16.7. The maximum atomic E-state index is 12.6. The summed E-state index contributed by atoms with van der Waals surface area (Å²) in [4.78, 5) is 40.3. The molecule has 0 bridgehead atoms. The Kier molecular flexibility index (Phi) is 6.42. The number of nitrogens with zero attached hydrogens (tertiary/aromatic N) is 2. The van der Waals surface area contributed by atoms with Gasteiger partial charge in [-0.1, -0.05) is 42.5 Å². The van der Waals surface area contributed by atoms with Gasteiger partial charge in [0.15, 0.2) is 0 Å². The zero-order valence-corrected chi connectivity index (χ0v) is 16.0. The Hall–Kier alpha value is -3.15. The third-order valence-electron chi connectivity index (χ3n) is 4.86. The van der Waals surface area contributed by atoms with E-state index in [0.29, 0.717) is 44.6 Å². The van der Waals surface area contributed by atoms with E-state index in [-0.39, 0.29) is 11.8 Å². The van der Waals surface area contributed by atoms with Crippen LogP contribution in [0.3, 0.4) is 0 Å². The first kappa shape index (κ1) is 19.6. The zero-order valence-electron chi connectivity index (χ0n) is 16.0. The molecule has 0 N–H and O–H groups in total. The predicted molar refractivity (Wildman–Crippen MR) is 105 cm³/mol. The molecule has 6 heteroatoms. The van der Waals surface area contributed by atoms with E-state index in [4.69, 9.17) is 4.74 Å². The first-order valence-corrected chi connectivity index (χ1v) is 9.33. The van der Waals surface area contributed by atoms with Crippen molar-refractivity contribution in [3.8, 4) is 0 Å². The van der Waals surface area contributed by atoms with Crippen LogP contribution in [0.1, 0.15) is 27.9 Å². The lowest BCUT2D eigenvalue weighted by atomic mass is 10.1. The lowest BCUT2D eigenvalue weighted by Gasteiger charge is -2.22. The molecule has 1 saturated heterocycles. The van der Waals surface area contributed by atoms with Crippen molar-refractivity contribution in [2.24, 2.45) is 0 Å². The van der Waals surface area contributed by atoms with Crippen LogP contribution in [0, 0.1) is 0 Å². The van der Waals surface area contributed by atoms with Gasteiger partial charge in [-0.15, -0.1) is 0 Å². The monoisotopic (exact) mass is 380 g/mol. The molecule has 1 fully saturated rings. The number of hydrogen-bond acceptors (Lipinski definition) is 4. The molecule has 1 aliphatic heterocycles. The fourth-order valence-corrected chi connectivity index (χ4v) is 3.30. The Bertz CT molecular complexity index is 851. The minimum atomic E-state index is -0.401. The highest BCUT2D eigenvalue weighted by atomic mass is 16.5. The average molecular weight is 380 g/mol. The SMILES string of the molecule is COC(=O)c1cccc(CN2CCN(C(=O)Cc3ccccc3)CCC2=O)c1. The number of amides is 2. The molecule has 0 aliphatic carbocycles. The first-order valence-electron chi connectivity index (χ1n) is 9.33.